The topological polar surface area (TPSA) is 49.4 Å². The number of rotatable bonds is 4. The summed E-state index contributed by atoms with van der Waals surface area (Å²) in [5.41, 5.74) is 1.77. The van der Waals surface area contributed by atoms with Crippen molar-refractivity contribution in [1.29, 1.82) is 0 Å². The standard InChI is InChI=1S/C13H17F3N2O2S/c1-18(8-6-13(14,15)16)21(19,20)11-5-4-10-3-2-7-17-12(10)9-11/h4-5,9,17H,2-3,6-8H2,1H3. The van der Waals surface area contributed by atoms with Crippen molar-refractivity contribution in [2.24, 2.45) is 0 Å². The number of halogens is 3. The molecule has 1 heterocycles. The van der Waals surface area contributed by atoms with Gasteiger partial charge in [0.1, 0.15) is 0 Å². The molecule has 2 rings (SSSR count). The summed E-state index contributed by atoms with van der Waals surface area (Å²) in [7, 11) is -2.74. The van der Waals surface area contributed by atoms with Gasteiger partial charge in [0, 0.05) is 25.8 Å². The van der Waals surface area contributed by atoms with E-state index in [0.717, 1.165) is 42.0 Å². The fourth-order valence-electron chi connectivity index (χ4n) is 2.18. The van der Waals surface area contributed by atoms with Crippen LogP contribution < -0.4 is 5.32 Å². The molecule has 0 saturated heterocycles. The van der Waals surface area contributed by atoms with E-state index < -0.39 is 29.2 Å². The van der Waals surface area contributed by atoms with Crippen LogP contribution in [0.3, 0.4) is 0 Å². The first kappa shape index (κ1) is 16.1. The summed E-state index contributed by atoms with van der Waals surface area (Å²) >= 11 is 0. The molecule has 0 radical (unpaired) electrons. The van der Waals surface area contributed by atoms with Crippen LogP contribution >= 0.6 is 0 Å². The Labute approximate surface area is 122 Å². The molecule has 8 heteroatoms. The highest BCUT2D eigenvalue weighted by atomic mass is 32.2. The Kier molecular flexibility index (Phi) is 4.48. The number of sulfonamides is 1. The van der Waals surface area contributed by atoms with Crippen molar-refractivity contribution >= 4 is 15.7 Å². The van der Waals surface area contributed by atoms with Crippen molar-refractivity contribution in [2.45, 2.75) is 30.3 Å². The van der Waals surface area contributed by atoms with Crippen LogP contribution in [0, 0.1) is 0 Å². The lowest BCUT2D eigenvalue weighted by atomic mass is 10.0. The number of fused-ring (bicyclic) bond motifs is 1. The van der Waals surface area contributed by atoms with E-state index in [-0.39, 0.29) is 4.90 Å². The molecule has 0 amide bonds. The van der Waals surface area contributed by atoms with Gasteiger partial charge in [-0.05, 0) is 30.5 Å². The van der Waals surface area contributed by atoms with Gasteiger partial charge in [0.25, 0.3) is 0 Å². The molecule has 0 atom stereocenters. The highest BCUT2D eigenvalue weighted by Gasteiger charge is 2.30. The smallest absolute Gasteiger partial charge is 0.385 e. The van der Waals surface area contributed by atoms with Gasteiger partial charge in [-0.1, -0.05) is 6.07 Å². The van der Waals surface area contributed by atoms with Gasteiger partial charge >= 0.3 is 6.18 Å². The summed E-state index contributed by atoms with van der Waals surface area (Å²) < 4.78 is 61.9. The molecule has 0 aliphatic carbocycles. The maximum absolute atomic E-state index is 12.3. The summed E-state index contributed by atoms with van der Waals surface area (Å²) in [6.07, 6.45) is -3.69. The average molecular weight is 322 g/mol. The van der Waals surface area contributed by atoms with Crippen LogP contribution in [0.2, 0.25) is 0 Å². The van der Waals surface area contributed by atoms with E-state index >= 15 is 0 Å². The zero-order chi connectivity index (χ0) is 15.7. The molecule has 1 aliphatic rings. The Hall–Kier alpha value is -1.28. The highest BCUT2D eigenvalue weighted by molar-refractivity contribution is 7.89. The van der Waals surface area contributed by atoms with Crippen molar-refractivity contribution in [3.8, 4) is 0 Å². The molecule has 21 heavy (non-hydrogen) atoms. The summed E-state index contributed by atoms with van der Waals surface area (Å²) in [6.45, 7) is 0.177. The first-order valence-corrected chi connectivity index (χ1v) is 8.04. The highest BCUT2D eigenvalue weighted by Crippen LogP contribution is 2.27. The van der Waals surface area contributed by atoms with E-state index in [1.807, 2.05) is 0 Å². The minimum atomic E-state index is -4.37. The average Bonchev–Trinajstić information content (AvgIpc) is 2.43. The molecule has 0 saturated carbocycles. The van der Waals surface area contributed by atoms with Crippen molar-refractivity contribution < 1.29 is 21.6 Å². The molecular weight excluding hydrogens is 305 g/mol. The second kappa shape index (κ2) is 5.84. The fraction of sp³-hybridized carbons (Fsp3) is 0.538. The molecule has 0 aromatic heterocycles. The van der Waals surface area contributed by atoms with Crippen molar-refractivity contribution in [1.82, 2.24) is 4.31 Å². The Morgan fingerprint density at radius 3 is 2.71 bits per heavy atom. The number of aryl methyl sites for hydroxylation is 1. The molecular formula is C13H17F3N2O2S. The Morgan fingerprint density at radius 1 is 1.33 bits per heavy atom. The monoisotopic (exact) mass is 322 g/mol. The number of benzene rings is 1. The van der Waals surface area contributed by atoms with Gasteiger partial charge in [-0.3, -0.25) is 0 Å². The Morgan fingerprint density at radius 2 is 2.05 bits per heavy atom. The Balaban J connectivity index is 2.19. The van der Waals surface area contributed by atoms with Gasteiger partial charge in [-0.2, -0.15) is 13.2 Å². The van der Waals surface area contributed by atoms with Crippen LogP contribution in [0.4, 0.5) is 18.9 Å². The largest absolute Gasteiger partial charge is 0.390 e. The van der Waals surface area contributed by atoms with E-state index in [1.165, 1.54) is 12.1 Å². The van der Waals surface area contributed by atoms with Crippen LogP contribution in [0.5, 0.6) is 0 Å². The minimum Gasteiger partial charge on any atom is -0.385 e. The van der Waals surface area contributed by atoms with Crippen LogP contribution in [-0.4, -0.2) is 39.0 Å². The molecule has 0 bridgehead atoms. The van der Waals surface area contributed by atoms with Gasteiger partial charge in [-0.15, -0.1) is 0 Å². The van der Waals surface area contributed by atoms with E-state index in [9.17, 15) is 21.6 Å². The summed E-state index contributed by atoms with van der Waals surface area (Å²) in [5.74, 6) is 0. The van der Waals surface area contributed by atoms with Crippen LogP contribution in [0.1, 0.15) is 18.4 Å². The zero-order valence-corrected chi connectivity index (χ0v) is 12.4. The van der Waals surface area contributed by atoms with E-state index in [4.69, 9.17) is 0 Å². The molecule has 4 nitrogen and oxygen atoms in total. The molecule has 1 aromatic carbocycles. The van der Waals surface area contributed by atoms with Crippen molar-refractivity contribution in [3.05, 3.63) is 23.8 Å². The van der Waals surface area contributed by atoms with Crippen LogP contribution in [0.15, 0.2) is 23.1 Å². The van der Waals surface area contributed by atoms with Crippen molar-refractivity contribution in [2.75, 3.05) is 25.5 Å². The molecule has 0 fully saturated rings. The number of hydrogen-bond acceptors (Lipinski definition) is 3. The number of anilines is 1. The maximum Gasteiger partial charge on any atom is 0.390 e. The zero-order valence-electron chi connectivity index (χ0n) is 11.6. The molecule has 0 unspecified atom stereocenters. The Bertz CT molecular complexity index is 614. The third kappa shape index (κ3) is 3.88. The minimum absolute atomic E-state index is 0.0142. The lowest BCUT2D eigenvalue weighted by molar-refractivity contribution is -0.135. The number of alkyl halides is 3. The lowest BCUT2D eigenvalue weighted by Gasteiger charge is -2.21. The number of hydrogen-bond donors (Lipinski definition) is 1. The summed E-state index contributed by atoms with van der Waals surface area (Å²) in [5, 5.41) is 3.11. The third-order valence-corrected chi connectivity index (χ3v) is 5.29. The van der Waals surface area contributed by atoms with Crippen molar-refractivity contribution in [3.63, 3.8) is 0 Å². The molecule has 1 N–H and O–H groups in total. The van der Waals surface area contributed by atoms with E-state index in [1.54, 1.807) is 6.07 Å². The second-order valence-corrected chi connectivity index (χ2v) is 7.09. The second-order valence-electron chi connectivity index (χ2n) is 5.04. The van der Waals surface area contributed by atoms with E-state index in [2.05, 4.69) is 5.32 Å². The summed E-state index contributed by atoms with van der Waals surface area (Å²) in [6, 6.07) is 4.66. The third-order valence-electron chi connectivity index (χ3n) is 3.44. The number of nitrogens with one attached hydrogen (secondary N) is 1. The van der Waals surface area contributed by atoms with Crippen LogP contribution in [-0.2, 0) is 16.4 Å². The molecule has 0 spiro atoms. The lowest BCUT2D eigenvalue weighted by Crippen LogP contribution is -2.30. The predicted octanol–water partition coefficient (Wildman–Crippen LogP) is 2.62. The predicted molar refractivity (Wildman–Crippen MR) is 73.7 cm³/mol. The van der Waals surface area contributed by atoms with Gasteiger partial charge in [-0.25, -0.2) is 12.7 Å². The number of nitrogens with zero attached hydrogens (tertiary/aromatic N) is 1. The summed E-state index contributed by atoms with van der Waals surface area (Å²) in [4.78, 5) is 0.0142. The SMILES string of the molecule is CN(CCC(F)(F)F)S(=O)(=O)c1ccc2c(c1)NCCC2. The normalized spacial score (nSPS) is 15.7. The molecule has 118 valence electrons. The van der Waals surface area contributed by atoms with Gasteiger partial charge < -0.3 is 5.32 Å². The maximum atomic E-state index is 12.3. The fourth-order valence-corrected chi connectivity index (χ4v) is 3.38. The first-order valence-electron chi connectivity index (χ1n) is 6.60. The van der Waals surface area contributed by atoms with E-state index in [0.29, 0.717) is 0 Å². The molecule has 1 aliphatic heterocycles. The van der Waals surface area contributed by atoms with Gasteiger partial charge in [0.2, 0.25) is 10.0 Å². The van der Waals surface area contributed by atoms with Gasteiger partial charge in [0.05, 0.1) is 11.3 Å². The quantitative estimate of drug-likeness (QED) is 0.927. The van der Waals surface area contributed by atoms with Gasteiger partial charge in [0.15, 0.2) is 0 Å². The first-order chi connectivity index (χ1) is 9.70. The molecule has 1 aromatic rings. The van der Waals surface area contributed by atoms with Crippen LogP contribution in [0.25, 0.3) is 0 Å².